The van der Waals surface area contributed by atoms with Gasteiger partial charge in [-0.3, -0.25) is 14.9 Å². The summed E-state index contributed by atoms with van der Waals surface area (Å²) in [4.78, 5) is 22.3. The maximum Gasteiger partial charge on any atom is 0.270 e. The number of nitrogens with one attached hydrogen (secondary N) is 2. The highest BCUT2D eigenvalue weighted by atomic mass is 16.6. The van der Waals surface area contributed by atoms with Gasteiger partial charge in [-0.15, -0.1) is 0 Å². The fourth-order valence-corrected chi connectivity index (χ4v) is 2.63. The molecule has 1 aliphatic rings. The summed E-state index contributed by atoms with van der Waals surface area (Å²) in [5.41, 5.74) is 1.24. The van der Waals surface area contributed by atoms with Crippen LogP contribution in [0.2, 0.25) is 0 Å². The number of non-ortho nitro benzene ring substituents is 1. The first kappa shape index (κ1) is 15.3. The van der Waals surface area contributed by atoms with Crippen LogP contribution in [0.5, 0.6) is 0 Å². The topological polar surface area (TPSA) is 84.3 Å². The number of nitrogens with zero attached hydrogens (tertiary/aromatic N) is 1. The maximum absolute atomic E-state index is 11.9. The van der Waals surface area contributed by atoms with Crippen LogP contribution in [-0.4, -0.2) is 24.4 Å². The lowest BCUT2D eigenvalue weighted by molar-refractivity contribution is -0.384. The Morgan fingerprint density at radius 1 is 1.43 bits per heavy atom. The van der Waals surface area contributed by atoms with Gasteiger partial charge in [-0.1, -0.05) is 13.3 Å². The zero-order chi connectivity index (χ0) is 15.5. The van der Waals surface area contributed by atoms with Crippen LogP contribution in [0.1, 0.15) is 43.0 Å². The van der Waals surface area contributed by atoms with Crippen molar-refractivity contribution in [3.05, 3.63) is 33.9 Å². The van der Waals surface area contributed by atoms with Crippen molar-refractivity contribution in [2.24, 2.45) is 5.41 Å². The third-order valence-electron chi connectivity index (χ3n) is 4.08. The van der Waals surface area contributed by atoms with Gasteiger partial charge in [-0.2, -0.15) is 0 Å². The predicted octanol–water partition coefficient (Wildman–Crippen LogP) is 2.95. The number of carbonyl (C=O) groups is 1. The van der Waals surface area contributed by atoms with Crippen molar-refractivity contribution in [3.8, 4) is 0 Å². The number of anilines is 1. The van der Waals surface area contributed by atoms with Gasteiger partial charge >= 0.3 is 0 Å². The van der Waals surface area contributed by atoms with Crippen LogP contribution in [0.4, 0.5) is 11.4 Å². The molecule has 0 aromatic heterocycles. The van der Waals surface area contributed by atoms with Crippen molar-refractivity contribution in [2.45, 2.75) is 32.6 Å². The van der Waals surface area contributed by atoms with Gasteiger partial charge in [0.1, 0.15) is 0 Å². The van der Waals surface area contributed by atoms with E-state index in [0.717, 1.165) is 13.0 Å². The molecule has 21 heavy (non-hydrogen) atoms. The van der Waals surface area contributed by atoms with Crippen LogP contribution in [-0.2, 0) is 0 Å². The molecule has 1 fully saturated rings. The van der Waals surface area contributed by atoms with Crippen LogP contribution >= 0.6 is 0 Å². The number of rotatable bonds is 7. The summed E-state index contributed by atoms with van der Waals surface area (Å²) in [6.07, 6.45) is 4.72. The molecule has 1 saturated carbocycles. The van der Waals surface area contributed by atoms with Crippen LogP contribution in [0.3, 0.4) is 0 Å². The Kier molecular flexibility index (Phi) is 4.45. The van der Waals surface area contributed by atoms with Gasteiger partial charge in [-0.25, -0.2) is 0 Å². The molecule has 0 heterocycles. The van der Waals surface area contributed by atoms with Gasteiger partial charge < -0.3 is 10.6 Å². The molecule has 2 N–H and O–H groups in total. The van der Waals surface area contributed by atoms with Gasteiger partial charge in [0.2, 0.25) is 0 Å². The van der Waals surface area contributed by atoms with Crippen molar-refractivity contribution < 1.29 is 9.72 Å². The number of carbonyl (C=O) groups excluding carboxylic acids is 1. The van der Waals surface area contributed by atoms with E-state index in [0.29, 0.717) is 16.7 Å². The van der Waals surface area contributed by atoms with E-state index in [1.165, 1.54) is 38.4 Å². The largest absolute Gasteiger partial charge is 0.384 e. The smallest absolute Gasteiger partial charge is 0.270 e. The third-order valence-corrected chi connectivity index (χ3v) is 4.08. The molecule has 0 atom stereocenters. The van der Waals surface area contributed by atoms with Crippen molar-refractivity contribution >= 4 is 17.3 Å². The molecule has 0 bridgehead atoms. The van der Waals surface area contributed by atoms with E-state index >= 15 is 0 Å². The van der Waals surface area contributed by atoms with Gasteiger partial charge in [0.15, 0.2) is 0 Å². The van der Waals surface area contributed by atoms with E-state index in [-0.39, 0.29) is 11.6 Å². The van der Waals surface area contributed by atoms with Crippen LogP contribution in [0, 0.1) is 15.5 Å². The molecule has 0 saturated heterocycles. The minimum Gasteiger partial charge on any atom is -0.384 e. The second-order valence-corrected chi connectivity index (χ2v) is 5.67. The first-order valence-corrected chi connectivity index (χ1v) is 7.26. The number of nitro benzene ring substituents is 1. The average Bonchev–Trinajstić information content (AvgIpc) is 3.24. The molecule has 0 spiro atoms. The molecular weight excluding hydrogens is 270 g/mol. The highest BCUT2D eigenvalue weighted by Gasteiger charge is 2.41. The van der Waals surface area contributed by atoms with E-state index in [2.05, 4.69) is 17.6 Å². The molecule has 0 radical (unpaired) electrons. The molecule has 6 heteroatoms. The van der Waals surface area contributed by atoms with E-state index < -0.39 is 4.92 Å². The summed E-state index contributed by atoms with van der Waals surface area (Å²) in [6, 6.07) is 4.36. The summed E-state index contributed by atoms with van der Waals surface area (Å²) in [5.74, 6) is -0.318. The van der Waals surface area contributed by atoms with Crippen LogP contribution in [0.25, 0.3) is 0 Å². The zero-order valence-corrected chi connectivity index (χ0v) is 12.4. The Balaban J connectivity index is 2.18. The normalized spacial score (nSPS) is 15.3. The molecule has 1 aromatic carbocycles. The molecule has 1 aromatic rings. The fourth-order valence-electron chi connectivity index (χ4n) is 2.63. The summed E-state index contributed by atoms with van der Waals surface area (Å²) in [6.45, 7) is 2.98. The highest BCUT2D eigenvalue weighted by molar-refractivity contribution is 6.00. The Morgan fingerprint density at radius 2 is 2.14 bits per heavy atom. The molecule has 2 rings (SSSR count). The van der Waals surface area contributed by atoms with Gasteiger partial charge in [0.05, 0.1) is 10.5 Å². The number of hydrogen-bond donors (Lipinski definition) is 2. The quantitative estimate of drug-likeness (QED) is 0.597. The number of amides is 1. The Labute approximate surface area is 124 Å². The van der Waals surface area contributed by atoms with E-state index in [1.807, 2.05) is 0 Å². The molecule has 1 amide bonds. The average molecular weight is 291 g/mol. The summed E-state index contributed by atoms with van der Waals surface area (Å²) < 4.78 is 0. The van der Waals surface area contributed by atoms with Crippen LogP contribution < -0.4 is 10.6 Å². The van der Waals surface area contributed by atoms with Gasteiger partial charge in [-0.05, 0) is 30.7 Å². The van der Waals surface area contributed by atoms with E-state index in [4.69, 9.17) is 0 Å². The van der Waals surface area contributed by atoms with E-state index in [9.17, 15) is 14.9 Å². The molecule has 0 unspecified atom stereocenters. The number of benzene rings is 1. The lowest BCUT2D eigenvalue weighted by atomic mass is 10.0. The lowest BCUT2D eigenvalue weighted by Gasteiger charge is -2.17. The predicted molar refractivity (Wildman–Crippen MR) is 81.6 cm³/mol. The summed E-state index contributed by atoms with van der Waals surface area (Å²) in [5, 5.41) is 16.7. The second-order valence-electron chi connectivity index (χ2n) is 5.67. The molecular formula is C15H21N3O3. The lowest BCUT2D eigenvalue weighted by Crippen LogP contribution is -2.22. The molecule has 1 aliphatic carbocycles. The Hall–Kier alpha value is -2.11. The van der Waals surface area contributed by atoms with Crippen molar-refractivity contribution in [1.29, 1.82) is 0 Å². The maximum atomic E-state index is 11.9. The SMILES string of the molecule is CCCC1(CNc2ccc([N+](=O)[O-])cc2C(=O)NC)CC1. The number of hydrogen-bond acceptors (Lipinski definition) is 4. The monoisotopic (exact) mass is 291 g/mol. The first-order valence-electron chi connectivity index (χ1n) is 7.26. The highest BCUT2D eigenvalue weighted by Crippen LogP contribution is 2.49. The van der Waals surface area contributed by atoms with Crippen molar-refractivity contribution in [1.82, 2.24) is 5.32 Å². The molecule has 0 aliphatic heterocycles. The van der Waals surface area contributed by atoms with Gasteiger partial charge in [0.25, 0.3) is 11.6 Å². The van der Waals surface area contributed by atoms with Crippen LogP contribution in [0.15, 0.2) is 18.2 Å². The summed E-state index contributed by atoms with van der Waals surface area (Å²) >= 11 is 0. The van der Waals surface area contributed by atoms with Gasteiger partial charge in [0, 0.05) is 31.4 Å². The second kappa shape index (κ2) is 6.11. The van der Waals surface area contributed by atoms with Crippen molar-refractivity contribution in [2.75, 3.05) is 18.9 Å². The van der Waals surface area contributed by atoms with Crippen molar-refractivity contribution in [3.63, 3.8) is 0 Å². The minimum atomic E-state index is -0.490. The first-order chi connectivity index (χ1) is 10.0. The minimum absolute atomic E-state index is 0.0751. The zero-order valence-electron chi connectivity index (χ0n) is 12.4. The fraction of sp³-hybridized carbons (Fsp3) is 0.533. The Bertz CT molecular complexity index is 553. The Morgan fingerprint density at radius 3 is 2.67 bits per heavy atom. The standard InChI is InChI=1S/C15H21N3O3/c1-3-6-15(7-8-15)10-17-13-5-4-11(18(20)21)9-12(13)14(19)16-2/h4-5,9,17H,3,6-8,10H2,1-2H3,(H,16,19). The molecule has 114 valence electrons. The summed E-state index contributed by atoms with van der Waals surface area (Å²) in [7, 11) is 1.52. The van der Waals surface area contributed by atoms with E-state index in [1.54, 1.807) is 6.07 Å². The number of nitro groups is 1. The molecule has 6 nitrogen and oxygen atoms in total. The third kappa shape index (κ3) is 3.51.